The van der Waals surface area contributed by atoms with Crippen molar-refractivity contribution in [3.63, 3.8) is 0 Å². The summed E-state index contributed by atoms with van der Waals surface area (Å²) in [7, 11) is 0. The van der Waals surface area contributed by atoms with E-state index < -0.39 is 11.5 Å². The van der Waals surface area contributed by atoms with Gasteiger partial charge in [-0.15, -0.1) is 0 Å². The van der Waals surface area contributed by atoms with Gasteiger partial charge in [0.15, 0.2) is 0 Å². The second-order valence-electron chi connectivity index (χ2n) is 9.23. The summed E-state index contributed by atoms with van der Waals surface area (Å²) < 4.78 is 5.46. The molecule has 0 saturated carbocycles. The molecular formula is C25H28N4O4. The van der Waals surface area contributed by atoms with Crippen LogP contribution in [0.3, 0.4) is 0 Å². The number of carbonyl (C=O) groups is 3. The van der Waals surface area contributed by atoms with Crippen LogP contribution in [0, 0.1) is 0 Å². The molecule has 0 aliphatic carbocycles. The van der Waals surface area contributed by atoms with Crippen LogP contribution in [-0.2, 0) is 9.53 Å². The summed E-state index contributed by atoms with van der Waals surface area (Å²) >= 11 is 0. The second-order valence-corrected chi connectivity index (χ2v) is 9.23. The molecule has 172 valence electrons. The fraction of sp³-hybridized carbons (Fsp3) is 0.440. The highest BCUT2D eigenvalue weighted by Gasteiger charge is 2.62. The Labute approximate surface area is 193 Å². The predicted octanol–water partition coefficient (Wildman–Crippen LogP) is 1.78. The van der Waals surface area contributed by atoms with Crippen LogP contribution in [0.4, 0.5) is 0 Å². The lowest BCUT2D eigenvalue weighted by Crippen LogP contribution is -2.78. The summed E-state index contributed by atoms with van der Waals surface area (Å²) in [6, 6.07) is 10.7. The van der Waals surface area contributed by atoms with Crippen molar-refractivity contribution in [1.82, 2.24) is 19.7 Å². The summed E-state index contributed by atoms with van der Waals surface area (Å²) in [6.45, 7) is 6.64. The average Bonchev–Trinajstić information content (AvgIpc) is 2.82. The minimum Gasteiger partial charge on any atom is -0.378 e. The molecule has 4 heterocycles. The number of nitrogens with zero attached hydrogens (tertiary/aromatic N) is 4. The maximum absolute atomic E-state index is 14.0. The fourth-order valence-corrected chi connectivity index (χ4v) is 5.55. The highest BCUT2D eigenvalue weighted by molar-refractivity contribution is 6.03. The number of amides is 3. The Hall–Kier alpha value is -3.26. The van der Waals surface area contributed by atoms with Crippen molar-refractivity contribution < 1.29 is 19.1 Å². The lowest BCUT2D eigenvalue weighted by molar-refractivity contribution is -0.146. The monoisotopic (exact) mass is 448 g/mol. The van der Waals surface area contributed by atoms with Crippen LogP contribution in [0.25, 0.3) is 0 Å². The minimum atomic E-state index is -0.780. The number of hydrogen-bond acceptors (Lipinski definition) is 5. The topological polar surface area (TPSA) is 83.1 Å². The van der Waals surface area contributed by atoms with Gasteiger partial charge in [0, 0.05) is 55.7 Å². The van der Waals surface area contributed by atoms with Crippen LogP contribution in [0.2, 0.25) is 0 Å². The van der Waals surface area contributed by atoms with Crippen molar-refractivity contribution in [1.29, 1.82) is 0 Å². The van der Waals surface area contributed by atoms with E-state index in [1.807, 2.05) is 41.8 Å². The van der Waals surface area contributed by atoms with Crippen molar-refractivity contribution in [2.75, 3.05) is 39.4 Å². The number of morpholine rings is 1. The van der Waals surface area contributed by atoms with Crippen molar-refractivity contribution in [2.45, 2.75) is 31.3 Å². The number of rotatable bonds is 3. The number of benzene rings is 1. The second kappa shape index (κ2) is 8.26. The number of fused-ring (bicyclic) bond motifs is 1. The molecule has 2 aromatic rings. The molecule has 3 aliphatic rings. The SMILES string of the molecule is CC(C)N1C(=O)c2ccccc2C(C(=O)N2CCOCC2)C12CN(C(=O)c1ccncc1)C2. The van der Waals surface area contributed by atoms with Gasteiger partial charge in [0.25, 0.3) is 11.8 Å². The first kappa shape index (κ1) is 21.6. The number of likely N-dealkylation sites (tertiary alicyclic amines) is 1. The van der Waals surface area contributed by atoms with Crippen molar-refractivity contribution in [3.8, 4) is 0 Å². The molecule has 0 bridgehead atoms. The third-order valence-corrected chi connectivity index (χ3v) is 6.97. The molecule has 1 spiro atoms. The first-order chi connectivity index (χ1) is 15.9. The van der Waals surface area contributed by atoms with Gasteiger partial charge in [0.05, 0.1) is 24.7 Å². The van der Waals surface area contributed by atoms with Crippen LogP contribution in [-0.4, -0.2) is 88.4 Å². The van der Waals surface area contributed by atoms with Gasteiger partial charge in [-0.1, -0.05) is 18.2 Å². The van der Waals surface area contributed by atoms with E-state index >= 15 is 0 Å². The van der Waals surface area contributed by atoms with Crippen molar-refractivity contribution in [2.24, 2.45) is 0 Å². The van der Waals surface area contributed by atoms with Crippen molar-refractivity contribution >= 4 is 17.7 Å². The molecule has 0 radical (unpaired) electrons. The molecule has 3 aliphatic heterocycles. The summed E-state index contributed by atoms with van der Waals surface area (Å²) in [5.41, 5.74) is 1.10. The molecule has 3 amide bonds. The molecule has 2 saturated heterocycles. The van der Waals surface area contributed by atoms with Gasteiger partial charge in [0.2, 0.25) is 5.91 Å². The molecule has 1 unspecified atom stereocenters. The molecule has 8 nitrogen and oxygen atoms in total. The summed E-state index contributed by atoms with van der Waals surface area (Å²) in [5, 5.41) is 0. The Bertz CT molecular complexity index is 1070. The fourth-order valence-electron chi connectivity index (χ4n) is 5.55. The minimum absolute atomic E-state index is 0.0000832. The van der Waals surface area contributed by atoms with Gasteiger partial charge in [-0.05, 0) is 37.6 Å². The standard InChI is InChI=1S/C25H28N4O4/c1-17(2)29-23(31)20-6-4-3-5-19(20)21(24(32)27-11-13-33-14-12-27)25(29)15-28(16-25)22(30)18-7-9-26-10-8-18/h3-10,17,21H,11-16H2,1-2H3. The van der Waals surface area contributed by atoms with E-state index in [2.05, 4.69) is 4.98 Å². The predicted molar refractivity (Wildman–Crippen MR) is 121 cm³/mol. The van der Waals surface area contributed by atoms with Crippen LogP contribution < -0.4 is 0 Å². The van der Waals surface area contributed by atoms with Gasteiger partial charge in [-0.3, -0.25) is 19.4 Å². The van der Waals surface area contributed by atoms with Gasteiger partial charge in [-0.25, -0.2) is 0 Å². The number of hydrogen-bond donors (Lipinski definition) is 0. The summed E-state index contributed by atoms with van der Waals surface area (Å²) in [4.78, 5) is 50.1. The van der Waals surface area contributed by atoms with Crippen molar-refractivity contribution in [3.05, 3.63) is 65.5 Å². The van der Waals surface area contributed by atoms with E-state index in [4.69, 9.17) is 4.74 Å². The van der Waals surface area contributed by atoms with E-state index in [1.165, 1.54) is 0 Å². The molecule has 8 heteroatoms. The van der Waals surface area contributed by atoms with Crippen LogP contribution in [0.5, 0.6) is 0 Å². The molecule has 0 N–H and O–H groups in total. The highest BCUT2D eigenvalue weighted by Crippen LogP contribution is 2.48. The molecular weight excluding hydrogens is 420 g/mol. The van der Waals surface area contributed by atoms with Crippen LogP contribution in [0.15, 0.2) is 48.8 Å². The third-order valence-electron chi connectivity index (χ3n) is 6.97. The van der Waals surface area contributed by atoms with Gasteiger partial charge in [-0.2, -0.15) is 0 Å². The van der Waals surface area contributed by atoms with Gasteiger partial charge < -0.3 is 19.4 Å². The van der Waals surface area contributed by atoms with E-state index in [9.17, 15) is 14.4 Å². The van der Waals surface area contributed by atoms with Crippen LogP contribution in [0.1, 0.15) is 46.0 Å². The van der Waals surface area contributed by atoms with Gasteiger partial charge >= 0.3 is 0 Å². The zero-order valence-corrected chi connectivity index (χ0v) is 18.9. The Morgan fingerprint density at radius 1 is 1.03 bits per heavy atom. The lowest BCUT2D eigenvalue weighted by atomic mass is 9.67. The smallest absolute Gasteiger partial charge is 0.255 e. The normalized spacial score (nSPS) is 21.7. The molecule has 5 rings (SSSR count). The van der Waals surface area contributed by atoms with E-state index in [0.29, 0.717) is 50.5 Å². The quantitative estimate of drug-likeness (QED) is 0.715. The zero-order chi connectivity index (χ0) is 23.2. The van der Waals surface area contributed by atoms with Crippen LogP contribution >= 0.6 is 0 Å². The van der Waals surface area contributed by atoms with E-state index in [0.717, 1.165) is 5.56 Å². The molecule has 1 aromatic heterocycles. The first-order valence-electron chi connectivity index (χ1n) is 11.4. The summed E-state index contributed by atoms with van der Waals surface area (Å²) in [6.07, 6.45) is 3.18. The molecule has 33 heavy (non-hydrogen) atoms. The molecule has 1 aromatic carbocycles. The number of carbonyl (C=O) groups excluding carboxylic acids is 3. The lowest BCUT2D eigenvalue weighted by Gasteiger charge is -2.62. The van der Waals surface area contributed by atoms with E-state index in [1.54, 1.807) is 35.5 Å². The Balaban J connectivity index is 1.56. The Kier molecular flexibility index (Phi) is 5.40. The summed E-state index contributed by atoms with van der Waals surface area (Å²) in [5.74, 6) is -0.730. The number of pyridine rings is 1. The highest BCUT2D eigenvalue weighted by atomic mass is 16.5. The third kappa shape index (κ3) is 3.40. The maximum atomic E-state index is 14.0. The average molecular weight is 449 g/mol. The zero-order valence-electron chi connectivity index (χ0n) is 18.9. The number of ether oxygens (including phenoxy) is 1. The Morgan fingerprint density at radius 2 is 1.70 bits per heavy atom. The molecule has 2 fully saturated rings. The van der Waals surface area contributed by atoms with Gasteiger partial charge in [0.1, 0.15) is 0 Å². The largest absolute Gasteiger partial charge is 0.378 e. The maximum Gasteiger partial charge on any atom is 0.255 e. The number of aromatic nitrogens is 1. The van der Waals surface area contributed by atoms with E-state index in [-0.39, 0.29) is 23.8 Å². The Morgan fingerprint density at radius 3 is 2.36 bits per heavy atom. The molecule has 1 atom stereocenters. The first-order valence-corrected chi connectivity index (χ1v) is 11.4.